The predicted octanol–water partition coefficient (Wildman–Crippen LogP) is 4.49. The molecule has 1 unspecified atom stereocenters. The van der Waals surface area contributed by atoms with Gasteiger partial charge in [-0.25, -0.2) is 4.39 Å². The van der Waals surface area contributed by atoms with Crippen LogP contribution in [-0.4, -0.2) is 7.05 Å². The molecule has 6 heteroatoms. The number of nitrogen functional groups attached to an aromatic ring is 2. The predicted molar refractivity (Wildman–Crippen MR) is 88.5 cm³/mol. The highest BCUT2D eigenvalue weighted by Crippen LogP contribution is 2.38. The van der Waals surface area contributed by atoms with Gasteiger partial charge in [0.1, 0.15) is 5.02 Å². The summed E-state index contributed by atoms with van der Waals surface area (Å²) in [6, 6.07) is 8.70. The van der Waals surface area contributed by atoms with Gasteiger partial charge in [0.05, 0.1) is 23.1 Å². The smallest absolute Gasteiger partial charge is 0.169 e. The van der Waals surface area contributed by atoms with E-state index in [1.54, 1.807) is 24.1 Å². The van der Waals surface area contributed by atoms with E-state index in [4.69, 9.17) is 34.7 Å². The Morgan fingerprint density at radius 3 is 2.24 bits per heavy atom. The summed E-state index contributed by atoms with van der Waals surface area (Å²) < 4.78 is 14.4. The van der Waals surface area contributed by atoms with E-state index in [-0.39, 0.29) is 28.1 Å². The average molecular weight is 328 g/mol. The van der Waals surface area contributed by atoms with E-state index in [9.17, 15) is 4.39 Å². The highest BCUT2D eigenvalue weighted by molar-refractivity contribution is 6.33. The number of hydrogen-bond acceptors (Lipinski definition) is 3. The highest BCUT2D eigenvalue weighted by atomic mass is 35.5. The number of halogens is 3. The van der Waals surface area contributed by atoms with Crippen LogP contribution in [0.2, 0.25) is 10.0 Å². The van der Waals surface area contributed by atoms with Crippen molar-refractivity contribution in [1.82, 2.24) is 0 Å². The molecule has 0 radical (unpaired) electrons. The maximum absolute atomic E-state index is 14.4. The first-order valence-corrected chi connectivity index (χ1v) is 7.09. The Hall–Kier alpha value is -1.65. The molecule has 0 amide bonds. The summed E-state index contributed by atoms with van der Waals surface area (Å²) in [5.74, 6) is -0.613. The molecule has 0 aliphatic rings. The third-order valence-electron chi connectivity index (χ3n) is 3.52. The molecule has 2 aromatic rings. The minimum Gasteiger partial charge on any atom is -0.397 e. The van der Waals surface area contributed by atoms with Crippen LogP contribution in [0.1, 0.15) is 18.5 Å². The van der Waals surface area contributed by atoms with Crippen LogP contribution in [0, 0.1) is 5.82 Å². The molecule has 0 saturated heterocycles. The van der Waals surface area contributed by atoms with Crippen molar-refractivity contribution in [1.29, 1.82) is 0 Å². The van der Waals surface area contributed by atoms with Crippen molar-refractivity contribution in [3.8, 4) is 0 Å². The van der Waals surface area contributed by atoms with Crippen LogP contribution in [-0.2, 0) is 0 Å². The molecule has 1 atom stereocenters. The number of anilines is 3. The molecule has 3 nitrogen and oxygen atoms in total. The summed E-state index contributed by atoms with van der Waals surface area (Å²) in [6.07, 6.45) is 0. The maximum Gasteiger partial charge on any atom is 0.169 e. The molecule has 0 saturated carbocycles. The van der Waals surface area contributed by atoms with E-state index in [2.05, 4.69) is 0 Å². The Labute approximate surface area is 133 Å². The van der Waals surface area contributed by atoms with Crippen LogP contribution in [0.15, 0.2) is 30.3 Å². The zero-order valence-corrected chi connectivity index (χ0v) is 13.2. The zero-order chi connectivity index (χ0) is 15.7. The summed E-state index contributed by atoms with van der Waals surface area (Å²) in [4.78, 5) is 1.72. The van der Waals surface area contributed by atoms with Crippen molar-refractivity contribution in [3.05, 3.63) is 51.8 Å². The fourth-order valence-electron chi connectivity index (χ4n) is 2.17. The van der Waals surface area contributed by atoms with Gasteiger partial charge in [-0.1, -0.05) is 35.3 Å². The SMILES string of the molecule is CC(c1ccc(Cl)cc1)N(C)c1c(N)cc(N)c(Cl)c1F. The zero-order valence-electron chi connectivity index (χ0n) is 11.7. The second kappa shape index (κ2) is 6.00. The Balaban J connectivity index is 2.42. The average Bonchev–Trinajstić information content (AvgIpc) is 2.45. The fraction of sp³-hybridized carbons (Fsp3) is 0.200. The standard InChI is InChI=1S/C15H16Cl2FN3/c1-8(9-3-5-10(16)6-4-9)21(2)15-12(20)7-11(19)13(17)14(15)18/h3-8H,19-20H2,1-2H3. The van der Waals surface area contributed by atoms with E-state index >= 15 is 0 Å². The monoisotopic (exact) mass is 327 g/mol. The molecule has 0 spiro atoms. The Kier molecular flexibility index (Phi) is 4.49. The molecule has 0 heterocycles. The summed E-state index contributed by atoms with van der Waals surface area (Å²) in [6.45, 7) is 1.94. The van der Waals surface area contributed by atoms with E-state index < -0.39 is 5.82 Å². The lowest BCUT2D eigenvalue weighted by Crippen LogP contribution is -2.24. The largest absolute Gasteiger partial charge is 0.397 e. The van der Waals surface area contributed by atoms with Crippen LogP contribution in [0.25, 0.3) is 0 Å². The molecule has 4 N–H and O–H groups in total. The van der Waals surface area contributed by atoms with E-state index in [1.807, 2.05) is 19.1 Å². The molecule has 2 aromatic carbocycles. The van der Waals surface area contributed by atoms with Crippen LogP contribution in [0.5, 0.6) is 0 Å². The van der Waals surface area contributed by atoms with E-state index in [0.29, 0.717) is 5.02 Å². The topological polar surface area (TPSA) is 55.3 Å². The van der Waals surface area contributed by atoms with Gasteiger partial charge in [-0.3, -0.25) is 0 Å². The molecule has 112 valence electrons. The van der Waals surface area contributed by atoms with Gasteiger partial charge in [0, 0.05) is 12.1 Å². The fourth-order valence-corrected chi connectivity index (χ4v) is 2.44. The second-order valence-corrected chi connectivity index (χ2v) is 5.68. The summed E-state index contributed by atoms with van der Waals surface area (Å²) in [5, 5.41) is 0.532. The maximum atomic E-state index is 14.4. The summed E-state index contributed by atoms with van der Waals surface area (Å²) in [7, 11) is 1.75. The van der Waals surface area contributed by atoms with Gasteiger partial charge >= 0.3 is 0 Å². The quantitative estimate of drug-likeness (QED) is 0.816. The van der Waals surface area contributed by atoms with E-state index in [1.165, 1.54) is 6.07 Å². The molecular formula is C15H16Cl2FN3. The first kappa shape index (κ1) is 15.7. The first-order valence-electron chi connectivity index (χ1n) is 6.34. The van der Waals surface area contributed by atoms with Crippen LogP contribution in [0.3, 0.4) is 0 Å². The van der Waals surface area contributed by atoms with Crippen LogP contribution >= 0.6 is 23.2 Å². The minimum absolute atomic E-state index is 0.112. The lowest BCUT2D eigenvalue weighted by atomic mass is 10.1. The molecule has 0 aliphatic carbocycles. The number of hydrogen-bond donors (Lipinski definition) is 2. The number of nitrogens with zero attached hydrogens (tertiary/aromatic N) is 1. The third-order valence-corrected chi connectivity index (χ3v) is 4.16. The molecule has 0 bridgehead atoms. The normalized spacial score (nSPS) is 12.2. The molecule has 0 aromatic heterocycles. The Bertz CT molecular complexity index is 659. The molecule has 21 heavy (non-hydrogen) atoms. The number of nitrogens with two attached hydrogens (primary N) is 2. The molecule has 2 rings (SSSR count). The van der Waals surface area contributed by atoms with Crippen molar-refractivity contribution in [2.24, 2.45) is 0 Å². The highest BCUT2D eigenvalue weighted by Gasteiger charge is 2.21. The Morgan fingerprint density at radius 1 is 1.10 bits per heavy atom. The summed E-state index contributed by atoms with van der Waals surface area (Å²) >= 11 is 11.7. The van der Waals surface area contributed by atoms with Crippen LogP contribution < -0.4 is 16.4 Å². The van der Waals surface area contributed by atoms with E-state index in [0.717, 1.165) is 5.56 Å². The van der Waals surface area contributed by atoms with Gasteiger partial charge in [-0.2, -0.15) is 0 Å². The second-order valence-electron chi connectivity index (χ2n) is 4.87. The number of benzene rings is 2. The molecule has 0 fully saturated rings. The van der Waals surface area contributed by atoms with Crippen LogP contribution in [0.4, 0.5) is 21.5 Å². The lowest BCUT2D eigenvalue weighted by molar-refractivity contribution is 0.613. The first-order chi connectivity index (χ1) is 9.82. The van der Waals surface area contributed by atoms with Gasteiger partial charge in [0.15, 0.2) is 5.82 Å². The summed E-state index contributed by atoms with van der Waals surface area (Å²) in [5.41, 5.74) is 13.1. The van der Waals surface area contributed by atoms with Crippen molar-refractivity contribution in [2.75, 3.05) is 23.4 Å². The number of rotatable bonds is 3. The third kappa shape index (κ3) is 3.01. The lowest BCUT2D eigenvalue weighted by Gasteiger charge is -2.29. The molecular weight excluding hydrogens is 312 g/mol. The van der Waals surface area contributed by atoms with Gasteiger partial charge in [-0.15, -0.1) is 0 Å². The van der Waals surface area contributed by atoms with Crippen molar-refractivity contribution >= 4 is 40.3 Å². The minimum atomic E-state index is -0.613. The van der Waals surface area contributed by atoms with Gasteiger partial charge < -0.3 is 16.4 Å². The Morgan fingerprint density at radius 2 is 1.67 bits per heavy atom. The van der Waals surface area contributed by atoms with Gasteiger partial charge in [0.25, 0.3) is 0 Å². The molecule has 0 aliphatic heterocycles. The van der Waals surface area contributed by atoms with Crippen molar-refractivity contribution in [3.63, 3.8) is 0 Å². The van der Waals surface area contributed by atoms with Gasteiger partial charge in [-0.05, 0) is 30.7 Å². The van der Waals surface area contributed by atoms with Gasteiger partial charge in [0.2, 0.25) is 0 Å². The van der Waals surface area contributed by atoms with Crippen molar-refractivity contribution < 1.29 is 4.39 Å². The van der Waals surface area contributed by atoms with Crippen molar-refractivity contribution in [2.45, 2.75) is 13.0 Å².